The average molecular weight is 585 g/mol. The van der Waals surface area contributed by atoms with E-state index in [1.807, 2.05) is 37.3 Å². The summed E-state index contributed by atoms with van der Waals surface area (Å²) in [7, 11) is 0. The van der Waals surface area contributed by atoms with Crippen molar-refractivity contribution in [3.05, 3.63) is 125 Å². The largest absolute Gasteiger partial charge is 0.492 e. The first-order valence-electron chi connectivity index (χ1n) is 13.8. The summed E-state index contributed by atoms with van der Waals surface area (Å²) in [6.07, 6.45) is 1.37. The number of para-hydroxylation sites is 1. The normalized spacial score (nSPS) is 11.4. The molecule has 0 spiro atoms. The number of carbonyl (C=O) groups is 3. The summed E-state index contributed by atoms with van der Waals surface area (Å²) in [5.74, 6) is -0.596. The Kier molecular flexibility index (Phi) is 10.7. The predicted octanol–water partition coefficient (Wildman–Crippen LogP) is 6.89. The van der Waals surface area contributed by atoms with Crippen LogP contribution < -0.4 is 15.0 Å². The molecule has 0 aliphatic carbocycles. The number of rotatable bonds is 14. The third kappa shape index (κ3) is 8.21. The summed E-state index contributed by atoms with van der Waals surface area (Å²) in [6, 6.07) is 29.1. The molecule has 0 fully saturated rings. The smallest absolute Gasteiger partial charge is 0.326 e. The monoisotopic (exact) mass is 584 g/mol. The van der Waals surface area contributed by atoms with Crippen LogP contribution >= 0.6 is 11.6 Å². The van der Waals surface area contributed by atoms with Crippen molar-refractivity contribution < 1.29 is 24.2 Å². The van der Waals surface area contributed by atoms with Crippen molar-refractivity contribution in [2.75, 3.05) is 23.4 Å². The molecule has 4 rings (SSSR count). The first-order chi connectivity index (χ1) is 20.4. The van der Waals surface area contributed by atoms with Crippen molar-refractivity contribution in [2.24, 2.45) is 0 Å². The van der Waals surface area contributed by atoms with E-state index in [0.29, 0.717) is 40.6 Å². The van der Waals surface area contributed by atoms with Crippen molar-refractivity contribution in [3.8, 4) is 5.75 Å². The van der Waals surface area contributed by atoms with Crippen LogP contribution in [0.1, 0.15) is 41.3 Å². The number of hydrogen-bond donors (Lipinski definition) is 2. The Morgan fingerprint density at radius 1 is 0.881 bits per heavy atom. The van der Waals surface area contributed by atoms with Crippen molar-refractivity contribution in [2.45, 2.75) is 32.2 Å². The van der Waals surface area contributed by atoms with E-state index in [1.165, 1.54) is 0 Å². The van der Waals surface area contributed by atoms with Crippen LogP contribution in [0.25, 0.3) is 0 Å². The van der Waals surface area contributed by atoms with Gasteiger partial charge in [0.2, 0.25) is 5.91 Å². The topological polar surface area (TPSA) is 95.9 Å². The number of anilines is 2. The number of amides is 1. The van der Waals surface area contributed by atoms with E-state index in [-0.39, 0.29) is 24.7 Å². The highest BCUT2D eigenvalue weighted by Crippen LogP contribution is 2.23. The molecule has 0 aliphatic heterocycles. The molecular weight excluding hydrogens is 552 g/mol. The molecule has 42 heavy (non-hydrogen) atoms. The average Bonchev–Trinajstić information content (AvgIpc) is 3.01. The predicted molar refractivity (Wildman–Crippen MR) is 166 cm³/mol. The first kappa shape index (κ1) is 30.3. The molecule has 0 saturated heterocycles. The van der Waals surface area contributed by atoms with Gasteiger partial charge in [0.05, 0.1) is 6.54 Å². The second kappa shape index (κ2) is 14.8. The van der Waals surface area contributed by atoms with Gasteiger partial charge in [-0.1, -0.05) is 73.1 Å². The Bertz CT molecular complexity index is 1490. The molecule has 1 amide bonds. The summed E-state index contributed by atoms with van der Waals surface area (Å²) in [6.45, 7) is 2.61. The van der Waals surface area contributed by atoms with Gasteiger partial charge in [-0.15, -0.1) is 0 Å². The van der Waals surface area contributed by atoms with Crippen LogP contribution in [0.15, 0.2) is 103 Å². The minimum Gasteiger partial charge on any atom is -0.492 e. The molecule has 216 valence electrons. The van der Waals surface area contributed by atoms with Crippen LogP contribution in [0, 0.1) is 0 Å². The summed E-state index contributed by atoms with van der Waals surface area (Å²) in [5, 5.41) is 13.6. The summed E-state index contributed by atoms with van der Waals surface area (Å²) >= 11 is 6.01. The lowest BCUT2D eigenvalue weighted by molar-refractivity contribution is -0.137. The highest BCUT2D eigenvalue weighted by molar-refractivity contribution is 6.30. The van der Waals surface area contributed by atoms with Gasteiger partial charge in [-0.25, -0.2) is 4.79 Å². The lowest BCUT2D eigenvalue weighted by Crippen LogP contribution is -2.34. The number of carboxylic acids is 1. The Morgan fingerprint density at radius 2 is 1.55 bits per heavy atom. The van der Waals surface area contributed by atoms with E-state index in [1.54, 1.807) is 77.7 Å². The Balaban J connectivity index is 1.38. The van der Waals surface area contributed by atoms with Gasteiger partial charge in [0.25, 0.3) is 0 Å². The van der Waals surface area contributed by atoms with Gasteiger partial charge >= 0.3 is 5.97 Å². The highest BCUT2D eigenvalue weighted by Gasteiger charge is 2.21. The van der Waals surface area contributed by atoms with E-state index in [2.05, 4.69) is 5.32 Å². The van der Waals surface area contributed by atoms with E-state index in [9.17, 15) is 19.5 Å². The summed E-state index contributed by atoms with van der Waals surface area (Å²) in [4.78, 5) is 39.6. The van der Waals surface area contributed by atoms with Gasteiger partial charge in [-0.05, 0) is 60.5 Å². The molecule has 2 N–H and O–H groups in total. The molecule has 8 heteroatoms. The van der Waals surface area contributed by atoms with Crippen molar-refractivity contribution >= 4 is 40.6 Å². The van der Waals surface area contributed by atoms with E-state index >= 15 is 0 Å². The molecule has 0 saturated carbocycles. The van der Waals surface area contributed by atoms with Gasteiger partial charge in [-0.3, -0.25) is 9.59 Å². The second-order valence-corrected chi connectivity index (χ2v) is 10.2. The summed E-state index contributed by atoms with van der Waals surface area (Å²) in [5.41, 5.74) is 2.94. The number of aliphatic carboxylic acids is 1. The molecule has 1 unspecified atom stereocenters. The lowest BCUT2D eigenvalue weighted by atomic mass is 10.00. The number of nitrogens with zero attached hydrogens (tertiary/aromatic N) is 1. The zero-order valence-corrected chi connectivity index (χ0v) is 24.1. The fourth-order valence-corrected chi connectivity index (χ4v) is 4.65. The van der Waals surface area contributed by atoms with Crippen LogP contribution in [0.3, 0.4) is 0 Å². The fraction of sp³-hybridized carbons (Fsp3) is 0.206. The van der Waals surface area contributed by atoms with Gasteiger partial charge in [0.15, 0.2) is 5.78 Å². The maximum atomic E-state index is 13.1. The van der Waals surface area contributed by atoms with Crippen LogP contribution in [0.5, 0.6) is 5.75 Å². The van der Waals surface area contributed by atoms with Gasteiger partial charge in [0.1, 0.15) is 18.4 Å². The standard InChI is InChI=1S/C34H33ClN2O5/c1-2-8-32(38)37(27-17-15-26(35)16-18-27)21-22-42-28-19-13-24(14-20-28)23-31(34(40)41)36-30-12-7-6-11-29(30)33(39)25-9-4-3-5-10-25/h3-7,9-20,31,36H,2,8,21-23H2,1H3,(H,40,41). The molecule has 0 radical (unpaired) electrons. The molecule has 0 aromatic heterocycles. The quantitative estimate of drug-likeness (QED) is 0.157. The molecule has 0 aliphatic rings. The van der Waals surface area contributed by atoms with Gasteiger partial charge in [-0.2, -0.15) is 0 Å². The van der Waals surface area contributed by atoms with Crippen molar-refractivity contribution in [1.82, 2.24) is 0 Å². The minimum absolute atomic E-state index is 0.0121. The highest BCUT2D eigenvalue weighted by atomic mass is 35.5. The number of benzene rings is 4. The molecular formula is C34H33ClN2O5. The Hall–Kier alpha value is -4.62. The van der Waals surface area contributed by atoms with E-state index in [0.717, 1.165) is 17.7 Å². The molecule has 7 nitrogen and oxygen atoms in total. The van der Waals surface area contributed by atoms with Gasteiger partial charge in [0, 0.05) is 40.4 Å². The molecule has 1 atom stereocenters. The molecule has 0 bridgehead atoms. The first-order valence-corrected chi connectivity index (χ1v) is 14.2. The Morgan fingerprint density at radius 3 is 2.21 bits per heavy atom. The zero-order chi connectivity index (χ0) is 29.9. The van der Waals surface area contributed by atoms with E-state index in [4.69, 9.17) is 16.3 Å². The minimum atomic E-state index is -1.03. The van der Waals surface area contributed by atoms with Crippen molar-refractivity contribution in [3.63, 3.8) is 0 Å². The zero-order valence-electron chi connectivity index (χ0n) is 23.3. The third-order valence-corrected chi connectivity index (χ3v) is 6.94. The fourth-order valence-electron chi connectivity index (χ4n) is 4.52. The number of ether oxygens (including phenoxy) is 1. The number of hydrogen-bond acceptors (Lipinski definition) is 5. The number of carbonyl (C=O) groups excluding carboxylic acids is 2. The maximum absolute atomic E-state index is 13.1. The van der Waals surface area contributed by atoms with Crippen LogP contribution in [0.4, 0.5) is 11.4 Å². The SMILES string of the molecule is CCCC(=O)N(CCOc1ccc(CC(Nc2ccccc2C(=O)c2ccccc2)C(=O)O)cc1)c1ccc(Cl)cc1. The molecule has 4 aromatic rings. The summed E-state index contributed by atoms with van der Waals surface area (Å²) < 4.78 is 5.91. The van der Waals surface area contributed by atoms with Crippen molar-refractivity contribution in [1.29, 1.82) is 0 Å². The second-order valence-electron chi connectivity index (χ2n) is 9.74. The maximum Gasteiger partial charge on any atom is 0.326 e. The Labute approximate surface area is 250 Å². The number of carboxylic acid groups (broad SMARTS) is 1. The van der Waals surface area contributed by atoms with Crippen LogP contribution in [0.2, 0.25) is 5.02 Å². The number of nitrogens with one attached hydrogen (secondary N) is 1. The van der Waals surface area contributed by atoms with E-state index < -0.39 is 12.0 Å². The molecule has 0 heterocycles. The third-order valence-electron chi connectivity index (χ3n) is 6.69. The lowest BCUT2D eigenvalue weighted by Gasteiger charge is -2.23. The van der Waals surface area contributed by atoms with Crippen LogP contribution in [-0.2, 0) is 16.0 Å². The number of halogens is 1. The number of ketones is 1. The van der Waals surface area contributed by atoms with Gasteiger partial charge < -0.3 is 20.1 Å². The van der Waals surface area contributed by atoms with Crippen LogP contribution in [-0.4, -0.2) is 42.0 Å². The molecule has 4 aromatic carbocycles.